The Morgan fingerprint density at radius 3 is 2.20 bits per heavy atom. The molecule has 0 saturated carbocycles. The highest BCUT2D eigenvalue weighted by Gasteiger charge is 2.14. The van der Waals surface area contributed by atoms with Gasteiger partial charge in [-0.25, -0.2) is 0 Å². The van der Waals surface area contributed by atoms with Crippen molar-refractivity contribution < 1.29 is 9.59 Å². The number of hydrogen-bond acceptors (Lipinski definition) is 3. The highest BCUT2D eigenvalue weighted by atomic mass is 16.2. The van der Waals surface area contributed by atoms with Gasteiger partial charge in [0.05, 0.1) is 11.6 Å². The molecule has 0 bridgehead atoms. The Labute approximate surface area is 147 Å². The number of carbonyl (C=O) groups excluding carboxylic acids is 2. The van der Waals surface area contributed by atoms with Crippen molar-refractivity contribution in [2.75, 3.05) is 16.8 Å². The molecule has 0 heterocycles. The summed E-state index contributed by atoms with van der Waals surface area (Å²) >= 11 is 0. The van der Waals surface area contributed by atoms with Crippen LogP contribution >= 0.6 is 0 Å². The van der Waals surface area contributed by atoms with Crippen LogP contribution in [0, 0.1) is 25.2 Å². The lowest BCUT2D eigenvalue weighted by atomic mass is 10.1. The maximum atomic E-state index is 12.3. The van der Waals surface area contributed by atoms with Crippen LogP contribution in [0.2, 0.25) is 0 Å². The minimum absolute atomic E-state index is 0.141. The van der Waals surface area contributed by atoms with E-state index in [9.17, 15) is 9.59 Å². The standard InChI is InChI=1S/C20H21N3O2/c1-14-5-4-6-15(2)20(14)22-19(25)11-12-23(16(3)24)18-9-7-17(13-21)8-10-18/h4-10H,11-12H2,1-3H3,(H,22,25). The van der Waals surface area contributed by atoms with Crippen LogP contribution in [0.15, 0.2) is 42.5 Å². The van der Waals surface area contributed by atoms with Crippen LogP contribution in [0.4, 0.5) is 11.4 Å². The summed E-state index contributed by atoms with van der Waals surface area (Å²) < 4.78 is 0. The van der Waals surface area contributed by atoms with Gasteiger partial charge in [-0.2, -0.15) is 5.26 Å². The number of nitriles is 1. The zero-order valence-corrected chi connectivity index (χ0v) is 14.7. The van der Waals surface area contributed by atoms with Crippen molar-refractivity contribution in [3.63, 3.8) is 0 Å². The van der Waals surface area contributed by atoms with E-state index < -0.39 is 0 Å². The molecule has 128 valence electrons. The van der Waals surface area contributed by atoms with Gasteiger partial charge in [-0.05, 0) is 49.2 Å². The number of nitrogens with zero attached hydrogens (tertiary/aromatic N) is 2. The maximum Gasteiger partial charge on any atom is 0.226 e. The van der Waals surface area contributed by atoms with E-state index in [2.05, 4.69) is 5.32 Å². The number of anilines is 2. The summed E-state index contributed by atoms with van der Waals surface area (Å²) in [6.45, 7) is 5.63. The summed E-state index contributed by atoms with van der Waals surface area (Å²) in [5.41, 5.74) is 4.03. The van der Waals surface area contributed by atoms with E-state index in [1.165, 1.54) is 11.8 Å². The first kappa shape index (κ1) is 18.2. The topological polar surface area (TPSA) is 73.2 Å². The predicted molar refractivity (Wildman–Crippen MR) is 98.3 cm³/mol. The van der Waals surface area contributed by atoms with Gasteiger partial charge in [0.15, 0.2) is 0 Å². The van der Waals surface area contributed by atoms with Crippen molar-refractivity contribution in [1.29, 1.82) is 5.26 Å². The molecule has 0 aliphatic carbocycles. The summed E-state index contributed by atoms with van der Waals surface area (Å²) in [6, 6.07) is 14.6. The third-order valence-corrected chi connectivity index (χ3v) is 4.00. The van der Waals surface area contributed by atoms with Crippen LogP contribution in [-0.2, 0) is 9.59 Å². The SMILES string of the molecule is CC(=O)N(CCC(=O)Nc1c(C)cccc1C)c1ccc(C#N)cc1. The third kappa shape index (κ3) is 4.67. The lowest BCUT2D eigenvalue weighted by Gasteiger charge is -2.21. The largest absolute Gasteiger partial charge is 0.326 e. The Morgan fingerprint density at radius 1 is 1.08 bits per heavy atom. The molecule has 0 unspecified atom stereocenters. The summed E-state index contributed by atoms with van der Waals surface area (Å²) in [7, 11) is 0. The molecule has 0 aliphatic heterocycles. The number of amides is 2. The van der Waals surface area contributed by atoms with Crippen LogP contribution in [0.3, 0.4) is 0 Å². The van der Waals surface area contributed by atoms with E-state index in [1.807, 2.05) is 38.1 Å². The highest BCUT2D eigenvalue weighted by Crippen LogP contribution is 2.20. The first-order chi connectivity index (χ1) is 11.9. The number of para-hydroxylation sites is 1. The first-order valence-electron chi connectivity index (χ1n) is 8.06. The Morgan fingerprint density at radius 2 is 1.68 bits per heavy atom. The van der Waals surface area contributed by atoms with E-state index in [4.69, 9.17) is 5.26 Å². The quantitative estimate of drug-likeness (QED) is 0.908. The molecule has 2 amide bonds. The molecule has 0 aromatic heterocycles. The number of benzene rings is 2. The van der Waals surface area contributed by atoms with E-state index in [1.54, 1.807) is 24.3 Å². The number of aryl methyl sites for hydroxylation is 2. The Kier molecular flexibility index (Phi) is 5.91. The second-order valence-electron chi connectivity index (χ2n) is 5.89. The molecule has 0 radical (unpaired) electrons. The van der Waals surface area contributed by atoms with Crippen molar-refractivity contribution in [3.05, 3.63) is 59.2 Å². The average Bonchev–Trinajstić information content (AvgIpc) is 2.59. The zero-order chi connectivity index (χ0) is 18.4. The average molecular weight is 335 g/mol. The molecule has 5 heteroatoms. The monoisotopic (exact) mass is 335 g/mol. The van der Waals surface area contributed by atoms with Gasteiger partial charge >= 0.3 is 0 Å². The molecule has 0 spiro atoms. The fraction of sp³-hybridized carbons (Fsp3) is 0.250. The number of nitrogens with one attached hydrogen (secondary N) is 1. The van der Waals surface area contributed by atoms with Crippen molar-refractivity contribution in [3.8, 4) is 6.07 Å². The molecule has 5 nitrogen and oxygen atoms in total. The van der Waals surface area contributed by atoms with E-state index >= 15 is 0 Å². The third-order valence-electron chi connectivity index (χ3n) is 4.00. The second kappa shape index (κ2) is 8.11. The van der Waals surface area contributed by atoms with Gasteiger partial charge in [0.25, 0.3) is 0 Å². The molecular formula is C20H21N3O2. The summed E-state index contributed by atoms with van der Waals surface area (Å²) in [6.07, 6.45) is 0.188. The molecule has 0 atom stereocenters. The van der Waals surface area contributed by atoms with Gasteiger partial charge in [-0.15, -0.1) is 0 Å². The normalized spacial score (nSPS) is 10.0. The zero-order valence-electron chi connectivity index (χ0n) is 14.7. The smallest absolute Gasteiger partial charge is 0.226 e. The minimum atomic E-state index is -0.149. The van der Waals surface area contributed by atoms with Gasteiger partial charge in [0, 0.05) is 31.3 Å². The van der Waals surface area contributed by atoms with Gasteiger partial charge in [0.1, 0.15) is 0 Å². The highest BCUT2D eigenvalue weighted by molar-refractivity contribution is 5.95. The van der Waals surface area contributed by atoms with Crippen LogP contribution in [0.5, 0.6) is 0 Å². The molecule has 2 rings (SSSR count). The Bertz CT molecular complexity index is 800. The second-order valence-corrected chi connectivity index (χ2v) is 5.89. The van der Waals surface area contributed by atoms with Crippen LogP contribution in [0.1, 0.15) is 30.0 Å². The van der Waals surface area contributed by atoms with Crippen LogP contribution < -0.4 is 10.2 Å². The molecular weight excluding hydrogens is 314 g/mol. The fourth-order valence-corrected chi connectivity index (χ4v) is 2.61. The number of hydrogen-bond donors (Lipinski definition) is 1. The van der Waals surface area contributed by atoms with Gasteiger partial charge in [0.2, 0.25) is 11.8 Å². The van der Waals surface area contributed by atoms with E-state index in [-0.39, 0.29) is 24.8 Å². The molecule has 2 aromatic carbocycles. The minimum Gasteiger partial charge on any atom is -0.326 e. The fourth-order valence-electron chi connectivity index (χ4n) is 2.61. The first-order valence-corrected chi connectivity index (χ1v) is 8.06. The van der Waals surface area contributed by atoms with Crippen LogP contribution in [-0.4, -0.2) is 18.4 Å². The number of carbonyl (C=O) groups is 2. The molecule has 2 aromatic rings. The summed E-state index contributed by atoms with van der Waals surface area (Å²) in [5, 5.41) is 11.8. The van der Waals surface area contributed by atoms with Crippen molar-refractivity contribution in [2.45, 2.75) is 27.2 Å². The van der Waals surface area contributed by atoms with E-state index in [0.717, 1.165) is 16.8 Å². The van der Waals surface area contributed by atoms with Gasteiger partial charge in [-0.3, -0.25) is 9.59 Å². The summed E-state index contributed by atoms with van der Waals surface area (Å²) in [4.78, 5) is 25.7. The van der Waals surface area contributed by atoms with Gasteiger partial charge in [-0.1, -0.05) is 18.2 Å². The van der Waals surface area contributed by atoms with Crippen molar-refractivity contribution >= 4 is 23.2 Å². The molecule has 25 heavy (non-hydrogen) atoms. The lowest BCUT2D eigenvalue weighted by Crippen LogP contribution is -2.32. The van der Waals surface area contributed by atoms with Crippen molar-refractivity contribution in [2.24, 2.45) is 0 Å². The maximum absolute atomic E-state index is 12.3. The molecule has 0 saturated heterocycles. The Balaban J connectivity index is 2.04. The van der Waals surface area contributed by atoms with Crippen LogP contribution in [0.25, 0.3) is 0 Å². The van der Waals surface area contributed by atoms with Crippen molar-refractivity contribution in [1.82, 2.24) is 0 Å². The number of rotatable bonds is 5. The molecule has 0 aliphatic rings. The Hall–Kier alpha value is -3.13. The molecule has 1 N–H and O–H groups in total. The van der Waals surface area contributed by atoms with E-state index in [0.29, 0.717) is 11.3 Å². The predicted octanol–water partition coefficient (Wildman–Crippen LogP) is 3.56. The molecule has 0 fully saturated rings. The van der Waals surface area contributed by atoms with Gasteiger partial charge < -0.3 is 10.2 Å². The lowest BCUT2D eigenvalue weighted by molar-refractivity contribution is -0.117. The summed E-state index contributed by atoms with van der Waals surface area (Å²) in [5.74, 6) is -0.290.